The third-order valence-electron chi connectivity index (χ3n) is 5.23. The van der Waals surface area contributed by atoms with Crippen LogP contribution in [0, 0.1) is 0 Å². The molecular formula is C23H26N2O6. The SMILES string of the molecule is COc1ccc(C[C@H](NC(=O)O)C(=O)N[C@@H](Cc2ccccc2)C(=O)[C@@]2(C)CO2)cc1. The third kappa shape index (κ3) is 6.05. The maximum Gasteiger partial charge on any atom is 0.405 e. The second-order valence-corrected chi connectivity index (χ2v) is 7.69. The van der Waals surface area contributed by atoms with Gasteiger partial charge in [0.05, 0.1) is 19.8 Å². The Morgan fingerprint density at radius 1 is 1.00 bits per heavy atom. The van der Waals surface area contributed by atoms with Crippen molar-refractivity contribution in [3.05, 3.63) is 65.7 Å². The minimum Gasteiger partial charge on any atom is -0.497 e. The van der Waals surface area contributed by atoms with Gasteiger partial charge in [-0.05, 0) is 36.6 Å². The van der Waals surface area contributed by atoms with Crippen molar-refractivity contribution in [2.24, 2.45) is 0 Å². The number of benzene rings is 2. The number of carbonyl (C=O) groups is 3. The van der Waals surface area contributed by atoms with Crippen LogP contribution in [0.2, 0.25) is 0 Å². The average Bonchev–Trinajstić information content (AvgIpc) is 3.51. The number of nitrogens with one attached hydrogen (secondary N) is 2. The molecule has 1 heterocycles. The molecule has 0 aliphatic carbocycles. The van der Waals surface area contributed by atoms with Gasteiger partial charge in [0.2, 0.25) is 5.91 Å². The molecule has 8 nitrogen and oxygen atoms in total. The van der Waals surface area contributed by atoms with Crippen molar-refractivity contribution in [3.63, 3.8) is 0 Å². The molecule has 0 saturated carbocycles. The molecule has 3 N–H and O–H groups in total. The molecule has 1 saturated heterocycles. The summed E-state index contributed by atoms with van der Waals surface area (Å²) in [5.41, 5.74) is 0.708. The first-order valence-electron chi connectivity index (χ1n) is 9.96. The Morgan fingerprint density at radius 3 is 2.13 bits per heavy atom. The summed E-state index contributed by atoms with van der Waals surface area (Å²) < 4.78 is 10.4. The number of epoxide rings is 1. The summed E-state index contributed by atoms with van der Waals surface area (Å²) >= 11 is 0. The van der Waals surface area contributed by atoms with Gasteiger partial charge in [-0.25, -0.2) is 4.79 Å². The lowest BCUT2D eigenvalue weighted by Crippen LogP contribution is -2.54. The van der Waals surface area contributed by atoms with Crippen LogP contribution in [0.25, 0.3) is 0 Å². The van der Waals surface area contributed by atoms with Gasteiger partial charge in [-0.15, -0.1) is 0 Å². The Kier molecular flexibility index (Phi) is 6.91. The normalized spacial score (nSPS) is 19.0. The van der Waals surface area contributed by atoms with E-state index in [4.69, 9.17) is 9.47 Å². The van der Waals surface area contributed by atoms with Crippen LogP contribution in [0.15, 0.2) is 54.6 Å². The predicted molar refractivity (Wildman–Crippen MR) is 113 cm³/mol. The van der Waals surface area contributed by atoms with E-state index < -0.39 is 29.7 Å². The van der Waals surface area contributed by atoms with E-state index >= 15 is 0 Å². The molecule has 31 heavy (non-hydrogen) atoms. The molecule has 0 unspecified atom stereocenters. The van der Waals surface area contributed by atoms with Gasteiger partial charge in [0, 0.05) is 6.42 Å². The van der Waals surface area contributed by atoms with Crippen molar-refractivity contribution in [2.75, 3.05) is 13.7 Å². The van der Waals surface area contributed by atoms with Crippen LogP contribution in [0.3, 0.4) is 0 Å². The van der Waals surface area contributed by atoms with Crippen LogP contribution in [0.4, 0.5) is 4.79 Å². The molecule has 2 amide bonds. The molecule has 3 rings (SSSR count). The van der Waals surface area contributed by atoms with E-state index in [0.717, 1.165) is 11.1 Å². The number of carboxylic acid groups (broad SMARTS) is 1. The van der Waals surface area contributed by atoms with Crippen LogP contribution in [0.1, 0.15) is 18.1 Å². The van der Waals surface area contributed by atoms with Gasteiger partial charge in [0.15, 0.2) is 5.78 Å². The molecule has 2 aromatic carbocycles. The van der Waals surface area contributed by atoms with Crippen molar-refractivity contribution in [1.29, 1.82) is 0 Å². The third-order valence-corrected chi connectivity index (χ3v) is 5.23. The predicted octanol–water partition coefficient (Wildman–Crippen LogP) is 1.96. The number of amides is 2. The second-order valence-electron chi connectivity index (χ2n) is 7.69. The fourth-order valence-corrected chi connectivity index (χ4v) is 3.31. The Labute approximate surface area is 180 Å². The molecule has 1 aliphatic rings. The van der Waals surface area contributed by atoms with Crippen LogP contribution >= 0.6 is 0 Å². The summed E-state index contributed by atoms with van der Waals surface area (Å²) in [7, 11) is 1.55. The number of ketones is 1. The topological polar surface area (TPSA) is 117 Å². The van der Waals surface area contributed by atoms with Gasteiger partial charge in [0.1, 0.15) is 17.4 Å². The van der Waals surface area contributed by atoms with Crippen LogP contribution in [-0.2, 0) is 27.2 Å². The van der Waals surface area contributed by atoms with Gasteiger partial charge in [-0.3, -0.25) is 9.59 Å². The molecule has 0 spiro atoms. The summed E-state index contributed by atoms with van der Waals surface area (Å²) in [5.74, 6) is -0.151. The van der Waals surface area contributed by atoms with Gasteiger partial charge < -0.3 is 25.2 Å². The van der Waals surface area contributed by atoms with E-state index in [9.17, 15) is 19.5 Å². The van der Waals surface area contributed by atoms with Gasteiger partial charge in [-0.2, -0.15) is 0 Å². The monoisotopic (exact) mass is 426 g/mol. The van der Waals surface area contributed by atoms with E-state index in [0.29, 0.717) is 12.4 Å². The van der Waals surface area contributed by atoms with Gasteiger partial charge in [0.25, 0.3) is 0 Å². The molecule has 0 radical (unpaired) electrons. The Balaban J connectivity index is 1.76. The highest BCUT2D eigenvalue weighted by Crippen LogP contribution is 2.29. The van der Waals surface area contributed by atoms with Crippen molar-refractivity contribution in [2.45, 2.75) is 37.5 Å². The standard InChI is InChI=1S/C23H26N2O6/c1-23(14-31-23)20(26)18(12-15-6-4-3-5-7-15)24-21(27)19(25-22(28)29)13-16-8-10-17(30-2)11-9-16/h3-11,18-19,25H,12-14H2,1-2H3,(H,24,27)(H,28,29)/t18-,19-,23+/m0/s1. The zero-order valence-electron chi connectivity index (χ0n) is 17.5. The van der Waals surface area contributed by atoms with Crippen molar-refractivity contribution in [3.8, 4) is 5.75 Å². The molecule has 164 valence electrons. The fraction of sp³-hybridized carbons (Fsp3) is 0.348. The number of ether oxygens (including phenoxy) is 2. The summed E-state index contributed by atoms with van der Waals surface area (Å²) in [6.45, 7) is 1.99. The van der Waals surface area contributed by atoms with E-state index in [1.165, 1.54) is 0 Å². The molecule has 0 aromatic heterocycles. The van der Waals surface area contributed by atoms with Crippen molar-refractivity contribution >= 4 is 17.8 Å². The molecular weight excluding hydrogens is 400 g/mol. The molecule has 8 heteroatoms. The fourth-order valence-electron chi connectivity index (χ4n) is 3.31. The number of rotatable bonds is 10. The number of Topliss-reactive ketones (excluding diaryl/α,β-unsaturated/α-hetero) is 1. The lowest BCUT2D eigenvalue weighted by atomic mass is 9.94. The van der Waals surface area contributed by atoms with Crippen molar-refractivity contribution < 1.29 is 29.0 Å². The molecule has 3 atom stereocenters. The quantitative estimate of drug-likeness (QED) is 0.500. The lowest BCUT2D eigenvalue weighted by molar-refractivity contribution is -0.131. The Hall–Kier alpha value is -3.39. The van der Waals surface area contributed by atoms with Crippen molar-refractivity contribution in [1.82, 2.24) is 10.6 Å². The Morgan fingerprint density at radius 2 is 1.58 bits per heavy atom. The Bertz CT molecular complexity index is 925. The summed E-state index contributed by atoms with van der Waals surface area (Å²) in [6, 6.07) is 14.4. The highest BCUT2D eigenvalue weighted by Gasteiger charge is 2.50. The van der Waals surface area contributed by atoms with Crippen LogP contribution < -0.4 is 15.4 Å². The van der Waals surface area contributed by atoms with E-state index in [1.54, 1.807) is 38.3 Å². The number of carbonyl (C=O) groups excluding carboxylic acids is 2. The minimum absolute atomic E-state index is 0.127. The smallest absolute Gasteiger partial charge is 0.405 e. The second kappa shape index (κ2) is 9.61. The molecule has 1 aliphatic heterocycles. The highest BCUT2D eigenvalue weighted by molar-refractivity contribution is 5.97. The highest BCUT2D eigenvalue weighted by atomic mass is 16.6. The number of hydrogen-bond donors (Lipinski definition) is 3. The maximum absolute atomic E-state index is 13.0. The lowest BCUT2D eigenvalue weighted by Gasteiger charge is -2.23. The van der Waals surface area contributed by atoms with Gasteiger partial charge in [-0.1, -0.05) is 42.5 Å². The zero-order valence-corrected chi connectivity index (χ0v) is 17.5. The molecule has 2 aromatic rings. The van der Waals surface area contributed by atoms with Gasteiger partial charge >= 0.3 is 6.09 Å². The van der Waals surface area contributed by atoms with E-state index in [1.807, 2.05) is 30.3 Å². The largest absolute Gasteiger partial charge is 0.497 e. The zero-order chi connectivity index (χ0) is 22.4. The molecule has 1 fully saturated rings. The number of methoxy groups -OCH3 is 1. The maximum atomic E-state index is 13.0. The van der Waals surface area contributed by atoms with Crippen LogP contribution in [0.5, 0.6) is 5.75 Å². The van der Waals surface area contributed by atoms with Crippen LogP contribution in [-0.4, -0.2) is 54.3 Å². The first kappa shape index (κ1) is 22.3. The minimum atomic E-state index is -1.32. The summed E-state index contributed by atoms with van der Waals surface area (Å²) in [6.07, 6.45) is -0.911. The van der Waals surface area contributed by atoms with E-state index in [-0.39, 0.29) is 18.6 Å². The van der Waals surface area contributed by atoms with E-state index in [2.05, 4.69) is 10.6 Å². The first-order chi connectivity index (χ1) is 14.8. The molecule has 0 bridgehead atoms. The summed E-state index contributed by atoms with van der Waals surface area (Å²) in [4.78, 5) is 37.2. The summed E-state index contributed by atoms with van der Waals surface area (Å²) in [5, 5.41) is 14.2. The number of hydrogen-bond acceptors (Lipinski definition) is 5. The average molecular weight is 426 g/mol. The first-order valence-corrected chi connectivity index (χ1v) is 9.96.